The highest BCUT2D eigenvalue weighted by Gasteiger charge is 2.45. The van der Waals surface area contributed by atoms with E-state index in [2.05, 4.69) is 10.6 Å². The highest BCUT2D eigenvalue weighted by molar-refractivity contribution is 6.15. The van der Waals surface area contributed by atoms with Crippen LogP contribution in [0.4, 0.5) is 21.9 Å². The number of anilines is 3. The number of fused-ring (bicyclic) bond motifs is 1. The van der Waals surface area contributed by atoms with Gasteiger partial charge in [0.25, 0.3) is 5.91 Å². The van der Waals surface area contributed by atoms with Crippen LogP contribution in [0.15, 0.2) is 48.5 Å². The average Bonchev–Trinajstić information content (AvgIpc) is 2.68. The zero-order valence-electron chi connectivity index (χ0n) is 16.8. The number of primary amides is 1. The van der Waals surface area contributed by atoms with Crippen molar-refractivity contribution in [1.82, 2.24) is 0 Å². The lowest BCUT2D eigenvalue weighted by Crippen LogP contribution is -2.60. The van der Waals surface area contributed by atoms with Gasteiger partial charge in [0, 0.05) is 5.69 Å². The molecule has 0 fully saturated rings. The second-order valence-corrected chi connectivity index (χ2v) is 7.32. The number of nitrogens with zero attached hydrogens (tertiary/aromatic N) is 1. The van der Waals surface area contributed by atoms with E-state index in [-0.39, 0.29) is 11.5 Å². The highest BCUT2D eigenvalue weighted by atomic mass is 16.5. The van der Waals surface area contributed by atoms with Crippen molar-refractivity contribution in [3.05, 3.63) is 54.1 Å². The number of esters is 1. The number of benzene rings is 2. The number of para-hydroxylation sites is 2. The first kappa shape index (κ1) is 20.8. The van der Waals surface area contributed by atoms with Gasteiger partial charge >= 0.3 is 12.0 Å². The minimum Gasteiger partial charge on any atom is -0.449 e. The van der Waals surface area contributed by atoms with Crippen molar-refractivity contribution in [3.63, 3.8) is 0 Å². The van der Waals surface area contributed by atoms with Crippen molar-refractivity contribution in [2.45, 2.75) is 32.4 Å². The number of ether oxygens (including phenoxy) is 1. The Balaban J connectivity index is 1.79. The van der Waals surface area contributed by atoms with Gasteiger partial charge in [-0.15, -0.1) is 0 Å². The van der Waals surface area contributed by atoms with Gasteiger partial charge in [0.2, 0.25) is 5.91 Å². The van der Waals surface area contributed by atoms with Crippen LogP contribution in [-0.2, 0) is 14.3 Å². The summed E-state index contributed by atoms with van der Waals surface area (Å²) < 4.78 is 5.34. The molecule has 156 valence electrons. The normalized spacial score (nSPS) is 15.4. The Morgan fingerprint density at radius 2 is 1.73 bits per heavy atom. The van der Waals surface area contributed by atoms with E-state index in [1.807, 2.05) is 0 Å². The SMILES string of the molecule is CC(OC(=O)c1ccc(NC(N)=O)cc1)C(=O)N1c2ccccc2NC(=O)C1(C)C. The van der Waals surface area contributed by atoms with Crippen molar-refractivity contribution in [1.29, 1.82) is 0 Å². The summed E-state index contributed by atoms with van der Waals surface area (Å²) >= 11 is 0. The third kappa shape index (κ3) is 3.95. The fourth-order valence-electron chi connectivity index (χ4n) is 3.14. The second kappa shape index (κ2) is 7.86. The van der Waals surface area contributed by atoms with Gasteiger partial charge in [-0.3, -0.25) is 14.5 Å². The van der Waals surface area contributed by atoms with Crippen LogP contribution in [0.3, 0.4) is 0 Å². The van der Waals surface area contributed by atoms with Gasteiger partial charge in [-0.05, 0) is 57.2 Å². The molecule has 30 heavy (non-hydrogen) atoms. The van der Waals surface area contributed by atoms with Crippen molar-refractivity contribution < 1.29 is 23.9 Å². The Labute approximate surface area is 173 Å². The van der Waals surface area contributed by atoms with Crippen molar-refractivity contribution in [2.24, 2.45) is 5.73 Å². The van der Waals surface area contributed by atoms with Gasteiger partial charge in [0.1, 0.15) is 5.54 Å². The Morgan fingerprint density at radius 1 is 1.10 bits per heavy atom. The number of amides is 4. The van der Waals surface area contributed by atoms with E-state index in [9.17, 15) is 19.2 Å². The van der Waals surface area contributed by atoms with E-state index in [4.69, 9.17) is 10.5 Å². The molecule has 0 bridgehead atoms. The number of hydrogen-bond donors (Lipinski definition) is 3. The molecule has 4 amide bonds. The zero-order chi connectivity index (χ0) is 22.1. The minimum atomic E-state index is -1.17. The fraction of sp³-hybridized carbons (Fsp3) is 0.238. The summed E-state index contributed by atoms with van der Waals surface area (Å²) in [4.78, 5) is 50.4. The summed E-state index contributed by atoms with van der Waals surface area (Å²) in [5, 5.41) is 5.16. The first-order valence-electron chi connectivity index (χ1n) is 9.23. The highest BCUT2D eigenvalue weighted by Crippen LogP contribution is 2.37. The minimum absolute atomic E-state index is 0.195. The Bertz CT molecular complexity index is 1020. The third-order valence-electron chi connectivity index (χ3n) is 4.75. The van der Waals surface area contributed by atoms with Crippen LogP contribution in [0.25, 0.3) is 0 Å². The molecule has 0 saturated heterocycles. The van der Waals surface area contributed by atoms with Crippen molar-refractivity contribution >= 4 is 40.9 Å². The third-order valence-corrected chi connectivity index (χ3v) is 4.75. The second-order valence-electron chi connectivity index (χ2n) is 7.32. The Morgan fingerprint density at radius 3 is 2.37 bits per heavy atom. The van der Waals surface area contributed by atoms with E-state index >= 15 is 0 Å². The number of carbonyl (C=O) groups is 4. The molecular formula is C21H22N4O5. The number of nitrogens with two attached hydrogens (primary N) is 1. The predicted octanol–water partition coefficient (Wildman–Crippen LogP) is 2.49. The lowest BCUT2D eigenvalue weighted by atomic mass is 9.95. The van der Waals surface area contributed by atoms with Crippen LogP contribution in [-0.4, -0.2) is 35.5 Å². The molecule has 4 N–H and O–H groups in total. The predicted molar refractivity (Wildman–Crippen MR) is 111 cm³/mol. The van der Waals surface area contributed by atoms with Crippen LogP contribution < -0.4 is 21.3 Å². The molecule has 1 atom stereocenters. The van der Waals surface area contributed by atoms with Crippen LogP contribution in [0.2, 0.25) is 0 Å². The molecule has 1 aliphatic heterocycles. The lowest BCUT2D eigenvalue weighted by molar-refractivity contribution is -0.131. The molecule has 2 aromatic rings. The summed E-state index contributed by atoms with van der Waals surface area (Å²) in [5.41, 5.74) is 5.52. The molecule has 3 rings (SSSR count). The summed E-state index contributed by atoms with van der Waals surface area (Å²) in [6.07, 6.45) is -1.14. The molecular weight excluding hydrogens is 388 g/mol. The van der Waals surface area contributed by atoms with E-state index in [1.165, 1.54) is 36.1 Å². The smallest absolute Gasteiger partial charge is 0.338 e. The molecule has 1 aliphatic rings. The van der Waals surface area contributed by atoms with Crippen LogP contribution in [0, 0.1) is 0 Å². The maximum atomic E-state index is 13.2. The largest absolute Gasteiger partial charge is 0.449 e. The van der Waals surface area contributed by atoms with Crippen LogP contribution >= 0.6 is 0 Å². The summed E-state index contributed by atoms with van der Waals surface area (Å²) in [6.45, 7) is 4.69. The first-order chi connectivity index (χ1) is 14.1. The molecule has 0 aromatic heterocycles. The summed E-state index contributed by atoms with van der Waals surface area (Å²) in [7, 11) is 0. The lowest BCUT2D eigenvalue weighted by Gasteiger charge is -2.42. The molecule has 1 heterocycles. The van der Waals surface area contributed by atoms with Gasteiger partial charge in [-0.25, -0.2) is 9.59 Å². The number of nitrogens with one attached hydrogen (secondary N) is 2. The van der Waals surface area contributed by atoms with Gasteiger partial charge in [0.15, 0.2) is 6.10 Å². The van der Waals surface area contributed by atoms with Gasteiger partial charge in [-0.1, -0.05) is 12.1 Å². The maximum absolute atomic E-state index is 13.2. The quantitative estimate of drug-likeness (QED) is 0.667. The molecule has 1 unspecified atom stereocenters. The first-order valence-corrected chi connectivity index (χ1v) is 9.23. The number of rotatable bonds is 4. The Hall–Kier alpha value is -3.88. The van der Waals surface area contributed by atoms with Crippen molar-refractivity contribution in [3.8, 4) is 0 Å². The van der Waals surface area contributed by atoms with Crippen LogP contribution in [0.1, 0.15) is 31.1 Å². The molecule has 0 spiro atoms. The zero-order valence-corrected chi connectivity index (χ0v) is 16.8. The molecule has 9 nitrogen and oxygen atoms in total. The number of carbonyl (C=O) groups excluding carboxylic acids is 4. The van der Waals surface area contributed by atoms with Gasteiger partial charge < -0.3 is 21.1 Å². The van der Waals surface area contributed by atoms with E-state index in [1.54, 1.807) is 38.1 Å². The average molecular weight is 410 g/mol. The standard InChI is InChI=1S/C21H22N4O5/c1-12(30-18(27)13-8-10-14(11-9-13)23-20(22)29)17(26)25-16-7-5-4-6-15(16)24-19(28)21(25,2)3/h4-12H,1-3H3,(H,24,28)(H3,22,23,29). The molecule has 0 saturated carbocycles. The van der Waals surface area contributed by atoms with Gasteiger partial charge in [0.05, 0.1) is 16.9 Å². The number of urea groups is 1. The van der Waals surface area contributed by atoms with Crippen molar-refractivity contribution in [2.75, 3.05) is 15.5 Å². The Kier molecular flexibility index (Phi) is 5.46. The molecule has 0 aliphatic carbocycles. The van der Waals surface area contributed by atoms with E-state index in [0.29, 0.717) is 17.1 Å². The topological polar surface area (TPSA) is 131 Å². The maximum Gasteiger partial charge on any atom is 0.338 e. The van der Waals surface area contributed by atoms with E-state index in [0.717, 1.165) is 0 Å². The van der Waals surface area contributed by atoms with E-state index < -0.39 is 29.6 Å². The number of hydrogen-bond acceptors (Lipinski definition) is 5. The summed E-state index contributed by atoms with van der Waals surface area (Å²) in [5.74, 6) is -1.58. The monoisotopic (exact) mass is 410 g/mol. The molecule has 0 radical (unpaired) electrons. The molecule has 2 aromatic carbocycles. The van der Waals surface area contributed by atoms with Crippen LogP contribution in [0.5, 0.6) is 0 Å². The fourth-order valence-corrected chi connectivity index (χ4v) is 3.14. The molecule has 9 heteroatoms. The van der Waals surface area contributed by atoms with Gasteiger partial charge in [-0.2, -0.15) is 0 Å². The summed E-state index contributed by atoms with van der Waals surface area (Å²) in [6, 6.07) is 12.1.